The molecular formula is C32H41N5O3. The van der Waals surface area contributed by atoms with Gasteiger partial charge in [-0.05, 0) is 56.7 Å². The van der Waals surface area contributed by atoms with E-state index in [0.29, 0.717) is 29.1 Å². The number of anilines is 1. The molecule has 4 rings (SSSR count). The molecule has 0 spiro atoms. The minimum absolute atomic E-state index is 0.0121. The van der Waals surface area contributed by atoms with Gasteiger partial charge in [0.1, 0.15) is 16.9 Å². The lowest BCUT2D eigenvalue weighted by Crippen LogP contribution is -2.52. The van der Waals surface area contributed by atoms with Crippen LogP contribution in [0.3, 0.4) is 0 Å². The van der Waals surface area contributed by atoms with Gasteiger partial charge in [0.25, 0.3) is 5.91 Å². The third-order valence-electron chi connectivity index (χ3n) is 8.24. The van der Waals surface area contributed by atoms with Gasteiger partial charge in [0.2, 0.25) is 5.91 Å². The van der Waals surface area contributed by atoms with E-state index in [1.54, 1.807) is 6.92 Å². The molecule has 2 amide bonds. The van der Waals surface area contributed by atoms with Crippen LogP contribution in [0.1, 0.15) is 92.7 Å². The van der Waals surface area contributed by atoms with E-state index in [0.717, 1.165) is 24.0 Å². The van der Waals surface area contributed by atoms with Crippen molar-refractivity contribution < 1.29 is 14.4 Å². The average Bonchev–Trinajstić information content (AvgIpc) is 3.28. The van der Waals surface area contributed by atoms with Crippen LogP contribution in [-0.2, 0) is 27.1 Å². The van der Waals surface area contributed by atoms with E-state index in [1.165, 1.54) is 0 Å². The molecule has 0 radical (unpaired) electrons. The lowest BCUT2D eigenvalue weighted by atomic mass is 9.79. The molecule has 1 aliphatic heterocycles. The summed E-state index contributed by atoms with van der Waals surface area (Å²) < 4.78 is 1.89. The number of hydrogen-bond acceptors (Lipinski definition) is 5. The first-order valence-corrected chi connectivity index (χ1v) is 14.1. The molecule has 2 heterocycles. The van der Waals surface area contributed by atoms with E-state index in [9.17, 15) is 14.4 Å². The van der Waals surface area contributed by atoms with Crippen LogP contribution >= 0.6 is 0 Å². The van der Waals surface area contributed by atoms with E-state index >= 15 is 0 Å². The zero-order chi connectivity index (χ0) is 29.2. The number of rotatable bonds is 10. The second-order valence-electron chi connectivity index (χ2n) is 11.5. The highest BCUT2D eigenvalue weighted by Crippen LogP contribution is 2.41. The fourth-order valence-electron chi connectivity index (χ4n) is 5.69. The Hall–Kier alpha value is -3.94. The molecular weight excluding hydrogens is 502 g/mol. The summed E-state index contributed by atoms with van der Waals surface area (Å²) in [5.74, 6) is -1.23. The minimum Gasteiger partial charge on any atom is -0.369 e. The van der Waals surface area contributed by atoms with Gasteiger partial charge in [-0.1, -0.05) is 75.4 Å². The number of Topliss-reactive ketones (excluding diaryl/α,β-unsaturated/α-hetero) is 1. The molecule has 4 N–H and O–H groups in total. The van der Waals surface area contributed by atoms with Crippen molar-refractivity contribution in [1.29, 1.82) is 0 Å². The number of aryl methyl sites for hydroxylation is 2. The van der Waals surface area contributed by atoms with Gasteiger partial charge in [0.15, 0.2) is 5.78 Å². The van der Waals surface area contributed by atoms with Crippen LogP contribution in [0.4, 0.5) is 5.82 Å². The summed E-state index contributed by atoms with van der Waals surface area (Å²) in [5.41, 5.74) is 7.73. The highest BCUT2D eigenvalue weighted by molar-refractivity contribution is 6.04. The number of primary amides is 1. The number of amides is 2. The normalized spacial score (nSPS) is 18.1. The van der Waals surface area contributed by atoms with Crippen molar-refractivity contribution in [2.45, 2.75) is 84.3 Å². The van der Waals surface area contributed by atoms with E-state index in [4.69, 9.17) is 10.8 Å². The third kappa shape index (κ3) is 5.40. The third-order valence-corrected chi connectivity index (χ3v) is 8.24. The smallest absolute Gasteiger partial charge is 0.258 e. The quantitative estimate of drug-likeness (QED) is 0.326. The van der Waals surface area contributed by atoms with E-state index in [2.05, 4.69) is 43.5 Å². The van der Waals surface area contributed by atoms with Crippen molar-refractivity contribution in [3.8, 4) is 0 Å². The molecule has 2 aromatic carbocycles. The summed E-state index contributed by atoms with van der Waals surface area (Å²) in [4.78, 5) is 40.0. The van der Waals surface area contributed by atoms with Gasteiger partial charge in [0, 0.05) is 12.3 Å². The van der Waals surface area contributed by atoms with Crippen molar-refractivity contribution in [2.75, 3.05) is 5.32 Å². The number of benzene rings is 2. The first-order valence-electron chi connectivity index (χ1n) is 14.1. The molecule has 40 heavy (non-hydrogen) atoms. The number of carbonyl (C=O) groups excluding carboxylic acids is 3. The van der Waals surface area contributed by atoms with Gasteiger partial charge in [-0.2, -0.15) is 5.10 Å². The van der Waals surface area contributed by atoms with Crippen molar-refractivity contribution in [1.82, 2.24) is 15.1 Å². The van der Waals surface area contributed by atoms with Gasteiger partial charge in [-0.15, -0.1) is 0 Å². The van der Waals surface area contributed by atoms with E-state index in [1.807, 2.05) is 61.0 Å². The van der Waals surface area contributed by atoms with Crippen LogP contribution in [0, 0.1) is 12.8 Å². The van der Waals surface area contributed by atoms with Crippen LogP contribution in [0.2, 0.25) is 0 Å². The fraction of sp³-hybridized carbons (Fsp3) is 0.438. The van der Waals surface area contributed by atoms with Crippen LogP contribution in [0.15, 0.2) is 54.6 Å². The van der Waals surface area contributed by atoms with E-state index < -0.39 is 23.3 Å². The number of aromatic nitrogens is 2. The standard InChI is InChI=1S/C32H41N5O3/c1-7-22-14-16-24(17-15-22)32(8-2,26(38)18-20(3)28(33)39)35-30(40)27-21(4)36-37-29(27)34-25(19-31(37,5)6)23-12-10-9-11-13-23/h9-17,20,25,34H,7-8,18-19H2,1-6H3,(H2,33,39)(H,35,40)/t20-,25-,32+/m1/s1. The van der Waals surface area contributed by atoms with Crippen LogP contribution in [0.5, 0.6) is 0 Å². The maximum Gasteiger partial charge on any atom is 0.258 e. The Bertz CT molecular complexity index is 1390. The molecule has 0 aliphatic carbocycles. The topological polar surface area (TPSA) is 119 Å². The Morgan fingerprint density at radius 3 is 2.35 bits per heavy atom. The van der Waals surface area contributed by atoms with Gasteiger partial charge in [-0.3, -0.25) is 14.4 Å². The lowest BCUT2D eigenvalue weighted by molar-refractivity contribution is -0.130. The summed E-state index contributed by atoms with van der Waals surface area (Å²) >= 11 is 0. The minimum atomic E-state index is -1.34. The molecule has 1 aliphatic rings. The second-order valence-corrected chi connectivity index (χ2v) is 11.5. The first kappa shape index (κ1) is 29.1. The summed E-state index contributed by atoms with van der Waals surface area (Å²) in [6.07, 6.45) is 1.87. The molecule has 8 nitrogen and oxygen atoms in total. The van der Waals surface area contributed by atoms with Crippen molar-refractivity contribution in [2.24, 2.45) is 11.7 Å². The summed E-state index contributed by atoms with van der Waals surface area (Å²) in [5, 5.41) is 11.5. The van der Waals surface area contributed by atoms with Crippen molar-refractivity contribution >= 4 is 23.4 Å². The summed E-state index contributed by atoms with van der Waals surface area (Å²) in [7, 11) is 0. The molecule has 8 heteroatoms. The number of ketones is 1. The predicted octanol–water partition coefficient (Wildman–Crippen LogP) is 5.16. The molecule has 3 atom stereocenters. The molecule has 0 bridgehead atoms. The lowest BCUT2D eigenvalue weighted by Gasteiger charge is -2.38. The van der Waals surface area contributed by atoms with E-state index in [-0.39, 0.29) is 23.8 Å². The molecule has 0 unspecified atom stereocenters. The Balaban J connectivity index is 1.77. The van der Waals surface area contributed by atoms with Crippen molar-refractivity contribution in [3.05, 3.63) is 82.5 Å². The fourth-order valence-corrected chi connectivity index (χ4v) is 5.69. The number of hydrogen-bond donors (Lipinski definition) is 3. The van der Waals surface area contributed by atoms with Gasteiger partial charge < -0.3 is 16.4 Å². The van der Waals surface area contributed by atoms with Crippen LogP contribution in [0.25, 0.3) is 0 Å². The molecule has 212 valence electrons. The van der Waals surface area contributed by atoms with Crippen LogP contribution in [-0.4, -0.2) is 27.4 Å². The van der Waals surface area contributed by atoms with Gasteiger partial charge in [-0.25, -0.2) is 4.68 Å². The zero-order valence-corrected chi connectivity index (χ0v) is 24.4. The van der Waals surface area contributed by atoms with Gasteiger partial charge >= 0.3 is 0 Å². The Morgan fingerprint density at radius 2 is 1.77 bits per heavy atom. The second kappa shape index (κ2) is 11.3. The maximum atomic E-state index is 14.2. The number of nitrogens with two attached hydrogens (primary N) is 1. The number of nitrogens with one attached hydrogen (secondary N) is 2. The maximum absolute atomic E-state index is 14.2. The average molecular weight is 544 g/mol. The number of carbonyl (C=O) groups is 3. The highest BCUT2D eigenvalue weighted by Gasteiger charge is 2.43. The molecule has 0 saturated carbocycles. The monoisotopic (exact) mass is 543 g/mol. The summed E-state index contributed by atoms with van der Waals surface area (Å²) in [6, 6.07) is 17.9. The Kier molecular flexibility index (Phi) is 8.19. The predicted molar refractivity (Wildman–Crippen MR) is 157 cm³/mol. The largest absolute Gasteiger partial charge is 0.369 e. The van der Waals surface area contributed by atoms with Crippen molar-refractivity contribution in [3.63, 3.8) is 0 Å². The number of nitrogens with zero attached hydrogens (tertiary/aromatic N) is 2. The molecule has 1 aromatic heterocycles. The van der Waals surface area contributed by atoms with Crippen LogP contribution < -0.4 is 16.4 Å². The summed E-state index contributed by atoms with van der Waals surface area (Å²) in [6.45, 7) is 11.6. The SMILES string of the molecule is CCc1ccc([C@](CC)(NC(=O)c2c(C)nn3c2N[C@@H](c2ccccc2)CC3(C)C)C(=O)C[C@@H](C)C(N)=O)cc1. The Labute approximate surface area is 236 Å². The molecule has 0 fully saturated rings. The first-order chi connectivity index (χ1) is 18.9. The molecule has 3 aromatic rings. The highest BCUT2D eigenvalue weighted by atomic mass is 16.2. The zero-order valence-electron chi connectivity index (χ0n) is 24.4. The Morgan fingerprint density at radius 1 is 1.12 bits per heavy atom. The molecule has 0 saturated heterocycles. The number of fused-ring (bicyclic) bond motifs is 1. The van der Waals surface area contributed by atoms with Gasteiger partial charge in [0.05, 0.1) is 17.3 Å².